The average Bonchev–Trinajstić information content (AvgIpc) is 3.24. The maximum atomic E-state index is 12.3. The van der Waals surface area contributed by atoms with Gasteiger partial charge in [-0.05, 0) is 30.5 Å². The van der Waals surface area contributed by atoms with E-state index >= 15 is 0 Å². The lowest BCUT2D eigenvalue weighted by molar-refractivity contribution is -0.153. The Morgan fingerprint density at radius 3 is 2.71 bits per heavy atom. The maximum absolute atomic E-state index is 12.3. The molecule has 0 amide bonds. The SMILES string of the molecule is CN=C(NCCCOCC1CCOC1)NCc1ccc(OCC(F)(F)F)c(OC)c1.I. The third kappa shape index (κ3) is 11.1. The van der Waals surface area contributed by atoms with Crippen LogP contribution in [0.25, 0.3) is 0 Å². The molecule has 1 aliphatic rings. The van der Waals surface area contributed by atoms with Crippen LogP contribution < -0.4 is 20.1 Å². The van der Waals surface area contributed by atoms with Gasteiger partial charge in [-0.3, -0.25) is 4.99 Å². The average molecular weight is 561 g/mol. The van der Waals surface area contributed by atoms with E-state index in [1.54, 1.807) is 19.2 Å². The summed E-state index contributed by atoms with van der Waals surface area (Å²) in [7, 11) is 3.05. The van der Waals surface area contributed by atoms with Crippen LogP contribution in [0.5, 0.6) is 11.5 Å². The molecular weight excluding hydrogens is 530 g/mol. The maximum Gasteiger partial charge on any atom is 0.422 e. The molecule has 178 valence electrons. The van der Waals surface area contributed by atoms with E-state index in [0.29, 0.717) is 31.6 Å². The molecule has 0 radical (unpaired) electrons. The van der Waals surface area contributed by atoms with Gasteiger partial charge in [0.1, 0.15) is 0 Å². The van der Waals surface area contributed by atoms with Gasteiger partial charge in [0.2, 0.25) is 0 Å². The Kier molecular flexibility index (Phi) is 13.0. The molecule has 2 rings (SSSR count). The van der Waals surface area contributed by atoms with Crippen LogP contribution in [0.2, 0.25) is 0 Å². The monoisotopic (exact) mass is 561 g/mol. The van der Waals surface area contributed by atoms with Crippen molar-refractivity contribution in [3.05, 3.63) is 23.8 Å². The van der Waals surface area contributed by atoms with Crippen molar-refractivity contribution in [3.63, 3.8) is 0 Å². The fraction of sp³-hybridized carbons (Fsp3) is 0.650. The summed E-state index contributed by atoms with van der Waals surface area (Å²) in [4.78, 5) is 4.16. The largest absolute Gasteiger partial charge is 0.493 e. The van der Waals surface area contributed by atoms with Crippen LogP contribution in [0.3, 0.4) is 0 Å². The zero-order valence-electron chi connectivity index (χ0n) is 17.8. The quantitative estimate of drug-likeness (QED) is 0.187. The van der Waals surface area contributed by atoms with E-state index in [1.165, 1.54) is 13.2 Å². The molecule has 2 N–H and O–H groups in total. The molecular formula is C20H31F3IN3O4. The van der Waals surface area contributed by atoms with E-state index in [-0.39, 0.29) is 35.5 Å². The molecule has 0 saturated carbocycles. The summed E-state index contributed by atoms with van der Waals surface area (Å²) in [5.41, 5.74) is 0.816. The number of guanidine groups is 1. The molecule has 0 spiro atoms. The number of rotatable bonds is 11. The van der Waals surface area contributed by atoms with Gasteiger partial charge in [0.15, 0.2) is 24.1 Å². The number of hydrogen-bond donors (Lipinski definition) is 2. The minimum atomic E-state index is -4.40. The Bertz CT molecular complexity index is 672. The van der Waals surface area contributed by atoms with E-state index in [2.05, 4.69) is 15.6 Å². The molecule has 1 atom stereocenters. The molecule has 31 heavy (non-hydrogen) atoms. The zero-order valence-corrected chi connectivity index (χ0v) is 20.1. The minimum Gasteiger partial charge on any atom is -0.493 e. The lowest BCUT2D eigenvalue weighted by Crippen LogP contribution is -2.37. The van der Waals surface area contributed by atoms with Gasteiger partial charge in [0.25, 0.3) is 0 Å². The minimum absolute atomic E-state index is 0. The van der Waals surface area contributed by atoms with Crippen LogP contribution in [-0.4, -0.2) is 65.9 Å². The van der Waals surface area contributed by atoms with Crippen molar-refractivity contribution in [1.82, 2.24) is 10.6 Å². The van der Waals surface area contributed by atoms with E-state index < -0.39 is 12.8 Å². The number of nitrogens with one attached hydrogen (secondary N) is 2. The highest BCUT2D eigenvalue weighted by molar-refractivity contribution is 14.0. The van der Waals surface area contributed by atoms with Crippen LogP contribution in [0.1, 0.15) is 18.4 Å². The van der Waals surface area contributed by atoms with Gasteiger partial charge < -0.3 is 29.6 Å². The molecule has 1 saturated heterocycles. The topological polar surface area (TPSA) is 73.3 Å². The zero-order chi connectivity index (χ0) is 21.8. The molecule has 7 nitrogen and oxygen atoms in total. The van der Waals surface area contributed by atoms with E-state index in [0.717, 1.165) is 38.2 Å². The van der Waals surface area contributed by atoms with Crippen molar-refractivity contribution < 1.29 is 32.1 Å². The van der Waals surface area contributed by atoms with Crippen molar-refractivity contribution in [2.75, 3.05) is 53.7 Å². The molecule has 0 aliphatic carbocycles. The Balaban J connectivity index is 0.00000480. The van der Waals surface area contributed by atoms with Gasteiger partial charge in [-0.1, -0.05) is 6.07 Å². The summed E-state index contributed by atoms with van der Waals surface area (Å²) >= 11 is 0. The molecule has 1 aromatic carbocycles. The number of alkyl halides is 3. The normalized spacial score (nSPS) is 16.5. The predicted molar refractivity (Wildman–Crippen MR) is 123 cm³/mol. The summed E-state index contributed by atoms with van der Waals surface area (Å²) in [5, 5.41) is 6.35. The highest BCUT2D eigenvalue weighted by Crippen LogP contribution is 2.29. The highest BCUT2D eigenvalue weighted by atomic mass is 127. The van der Waals surface area contributed by atoms with Crippen molar-refractivity contribution in [1.29, 1.82) is 0 Å². The number of halogens is 4. The van der Waals surface area contributed by atoms with Crippen molar-refractivity contribution in [2.24, 2.45) is 10.9 Å². The van der Waals surface area contributed by atoms with Crippen LogP contribution in [0.4, 0.5) is 13.2 Å². The van der Waals surface area contributed by atoms with E-state index in [4.69, 9.17) is 18.9 Å². The van der Waals surface area contributed by atoms with E-state index in [1.807, 2.05) is 0 Å². The van der Waals surface area contributed by atoms with Gasteiger partial charge in [-0.25, -0.2) is 0 Å². The number of benzene rings is 1. The fourth-order valence-electron chi connectivity index (χ4n) is 2.85. The molecule has 1 aliphatic heterocycles. The van der Waals surface area contributed by atoms with E-state index in [9.17, 15) is 13.2 Å². The number of nitrogens with zero attached hydrogens (tertiary/aromatic N) is 1. The number of ether oxygens (including phenoxy) is 4. The van der Waals surface area contributed by atoms with Gasteiger partial charge in [0, 0.05) is 39.3 Å². The second-order valence-corrected chi connectivity index (χ2v) is 6.90. The number of hydrogen-bond acceptors (Lipinski definition) is 5. The lowest BCUT2D eigenvalue weighted by atomic mass is 10.1. The first-order valence-electron chi connectivity index (χ1n) is 9.87. The first kappa shape index (κ1) is 27.6. The second-order valence-electron chi connectivity index (χ2n) is 6.90. The van der Waals surface area contributed by atoms with Gasteiger partial charge in [-0.2, -0.15) is 13.2 Å². The molecule has 0 bridgehead atoms. The smallest absolute Gasteiger partial charge is 0.422 e. The summed E-state index contributed by atoms with van der Waals surface area (Å²) in [6, 6.07) is 4.77. The molecule has 11 heteroatoms. The summed E-state index contributed by atoms with van der Waals surface area (Å²) in [5.74, 6) is 1.42. The standard InChI is InChI=1S/C20H30F3N3O4.HI/c1-24-19(25-7-3-8-28-12-16-6-9-29-13-16)26-11-15-4-5-17(18(10-15)27-2)30-14-20(21,22)23;/h4-5,10,16H,3,6-9,11-14H2,1-2H3,(H2,24,25,26);1H. The molecule has 1 heterocycles. The van der Waals surface area contributed by atoms with Crippen LogP contribution >= 0.6 is 24.0 Å². The summed E-state index contributed by atoms with van der Waals surface area (Å²) in [6.07, 6.45) is -2.50. The first-order valence-corrected chi connectivity index (χ1v) is 9.87. The molecule has 1 fully saturated rings. The van der Waals surface area contributed by atoms with Crippen molar-refractivity contribution >= 4 is 29.9 Å². The molecule has 0 aromatic heterocycles. The Hall–Kier alpha value is -1.47. The molecule has 1 aromatic rings. The fourth-order valence-corrected chi connectivity index (χ4v) is 2.85. The Morgan fingerprint density at radius 2 is 2.06 bits per heavy atom. The Labute approximate surface area is 198 Å². The molecule has 1 unspecified atom stereocenters. The first-order chi connectivity index (χ1) is 14.4. The highest BCUT2D eigenvalue weighted by Gasteiger charge is 2.29. The third-order valence-corrected chi connectivity index (χ3v) is 4.44. The number of aliphatic imine (C=N–C) groups is 1. The second kappa shape index (κ2) is 14.6. The van der Waals surface area contributed by atoms with Gasteiger partial charge in [-0.15, -0.1) is 24.0 Å². The third-order valence-electron chi connectivity index (χ3n) is 4.44. The predicted octanol–water partition coefficient (Wildman–Crippen LogP) is 3.36. The lowest BCUT2D eigenvalue weighted by Gasteiger charge is -2.15. The number of methoxy groups -OCH3 is 1. The van der Waals surface area contributed by atoms with Gasteiger partial charge >= 0.3 is 6.18 Å². The van der Waals surface area contributed by atoms with Crippen molar-refractivity contribution in [2.45, 2.75) is 25.6 Å². The van der Waals surface area contributed by atoms with Crippen LogP contribution in [0.15, 0.2) is 23.2 Å². The summed E-state index contributed by atoms with van der Waals surface area (Å²) < 4.78 is 57.9. The summed E-state index contributed by atoms with van der Waals surface area (Å²) in [6.45, 7) is 2.77. The van der Waals surface area contributed by atoms with Crippen molar-refractivity contribution in [3.8, 4) is 11.5 Å². The van der Waals surface area contributed by atoms with Crippen LogP contribution in [0, 0.1) is 5.92 Å². The van der Waals surface area contributed by atoms with Crippen LogP contribution in [-0.2, 0) is 16.0 Å². The Morgan fingerprint density at radius 1 is 1.26 bits per heavy atom. The van der Waals surface area contributed by atoms with Gasteiger partial charge in [0.05, 0.1) is 20.3 Å².